The number of aromatic amines is 1. The third-order valence-corrected chi connectivity index (χ3v) is 4.83. The fourth-order valence-corrected chi connectivity index (χ4v) is 3.16. The van der Waals surface area contributed by atoms with Crippen molar-refractivity contribution in [2.75, 3.05) is 13.1 Å². The highest BCUT2D eigenvalue weighted by molar-refractivity contribution is 7.18. The predicted octanol–water partition coefficient (Wildman–Crippen LogP) is 1.67. The van der Waals surface area contributed by atoms with E-state index in [0.29, 0.717) is 37.1 Å². The van der Waals surface area contributed by atoms with Gasteiger partial charge in [0.15, 0.2) is 0 Å². The van der Waals surface area contributed by atoms with Gasteiger partial charge >= 0.3 is 0 Å². The van der Waals surface area contributed by atoms with E-state index in [1.807, 2.05) is 20.8 Å². The van der Waals surface area contributed by atoms with Gasteiger partial charge < -0.3 is 16.0 Å². The van der Waals surface area contributed by atoms with Crippen LogP contribution in [0, 0.1) is 19.8 Å². The van der Waals surface area contributed by atoms with E-state index >= 15 is 0 Å². The maximum atomic E-state index is 12.1. The third-order valence-electron chi connectivity index (χ3n) is 3.73. The minimum Gasteiger partial charge on any atom is -0.356 e. The van der Waals surface area contributed by atoms with Crippen LogP contribution < -0.4 is 16.6 Å². The molecule has 0 aromatic carbocycles. The van der Waals surface area contributed by atoms with Gasteiger partial charge in [0, 0.05) is 24.3 Å². The maximum Gasteiger partial charge on any atom is 0.259 e. The average Bonchev–Trinajstić information content (AvgIpc) is 2.77. The molecule has 6 nitrogen and oxygen atoms in total. The number of nitrogens with one attached hydrogen (secondary N) is 2. The quantitative estimate of drug-likeness (QED) is 0.731. The Kier molecular flexibility index (Phi) is 7.18. The second-order valence-electron chi connectivity index (χ2n) is 5.62. The lowest BCUT2D eigenvalue weighted by molar-refractivity contribution is -0.121. The summed E-state index contributed by atoms with van der Waals surface area (Å²) >= 11 is 1.51. The number of hydrogen-bond acceptors (Lipinski definition) is 5. The highest BCUT2D eigenvalue weighted by Crippen LogP contribution is 2.25. The predicted molar refractivity (Wildman–Crippen MR) is 96.5 cm³/mol. The van der Waals surface area contributed by atoms with Gasteiger partial charge in [0.25, 0.3) is 5.56 Å². The van der Waals surface area contributed by atoms with Crippen LogP contribution in [0.4, 0.5) is 0 Å². The molecule has 8 heteroatoms. The second kappa shape index (κ2) is 8.42. The summed E-state index contributed by atoms with van der Waals surface area (Å²) in [6.07, 6.45) is 0.721. The number of hydrogen-bond donors (Lipinski definition) is 3. The zero-order valence-electron chi connectivity index (χ0n) is 13.6. The van der Waals surface area contributed by atoms with Gasteiger partial charge in [-0.25, -0.2) is 4.98 Å². The Bertz CT molecular complexity index is 741. The summed E-state index contributed by atoms with van der Waals surface area (Å²) in [5, 5.41) is 3.49. The summed E-state index contributed by atoms with van der Waals surface area (Å²) in [5.74, 6) is 0.762. The van der Waals surface area contributed by atoms with Crippen molar-refractivity contribution in [3.05, 3.63) is 26.6 Å². The molecule has 1 atom stereocenters. The SMILES string of the molecule is Cc1sc2nc(CCC(=O)NCC(C)CN)[nH]c(=O)c2c1C.Cl. The van der Waals surface area contributed by atoms with Crippen LogP contribution in [0.3, 0.4) is 0 Å². The minimum absolute atomic E-state index is 0. The van der Waals surface area contributed by atoms with E-state index < -0.39 is 0 Å². The smallest absolute Gasteiger partial charge is 0.259 e. The van der Waals surface area contributed by atoms with E-state index in [-0.39, 0.29) is 29.8 Å². The molecule has 0 aliphatic carbocycles. The standard InChI is InChI=1S/C15H22N4O2S.ClH/c1-8(6-16)7-17-12(20)5-4-11-18-14(21)13-9(2)10(3)22-15(13)19-11;/h8H,4-7,16H2,1-3H3,(H,17,20)(H,18,19,21);1H. The molecular weight excluding hydrogens is 336 g/mol. The summed E-state index contributed by atoms with van der Waals surface area (Å²) in [6, 6.07) is 0. The molecule has 1 amide bonds. The number of rotatable bonds is 6. The van der Waals surface area contributed by atoms with Gasteiger partial charge in [-0.05, 0) is 31.9 Å². The molecule has 0 saturated heterocycles. The van der Waals surface area contributed by atoms with Crippen molar-refractivity contribution in [2.45, 2.75) is 33.6 Å². The monoisotopic (exact) mass is 358 g/mol. The van der Waals surface area contributed by atoms with Gasteiger partial charge in [0.05, 0.1) is 5.39 Å². The van der Waals surface area contributed by atoms with E-state index in [1.54, 1.807) is 0 Å². The zero-order valence-corrected chi connectivity index (χ0v) is 15.2. The fourth-order valence-electron chi connectivity index (χ4n) is 2.11. The Morgan fingerprint density at radius 2 is 2.13 bits per heavy atom. The lowest BCUT2D eigenvalue weighted by Crippen LogP contribution is -2.31. The number of nitrogens with zero attached hydrogens (tertiary/aromatic N) is 1. The van der Waals surface area contributed by atoms with Gasteiger partial charge in [-0.1, -0.05) is 6.92 Å². The molecule has 0 bridgehead atoms. The number of amides is 1. The van der Waals surface area contributed by atoms with Crippen molar-refractivity contribution in [3.63, 3.8) is 0 Å². The van der Waals surface area contributed by atoms with E-state index in [9.17, 15) is 9.59 Å². The Labute approximate surface area is 145 Å². The van der Waals surface area contributed by atoms with Crippen molar-refractivity contribution < 1.29 is 4.79 Å². The van der Waals surface area contributed by atoms with E-state index in [0.717, 1.165) is 15.3 Å². The minimum atomic E-state index is -0.126. The molecular formula is C15H23ClN4O2S. The van der Waals surface area contributed by atoms with Gasteiger partial charge in [-0.3, -0.25) is 9.59 Å². The number of H-pyrrole nitrogens is 1. The number of carbonyl (C=O) groups excluding carboxylic acids is 1. The van der Waals surface area contributed by atoms with Crippen LogP contribution in [0.15, 0.2) is 4.79 Å². The zero-order chi connectivity index (χ0) is 16.3. The van der Waals surface area contributed by atoms with Crippen LogP contribution in [-0.4, -0.2) is 29.0 Å². The lowest BCUT2D eigenvalue weighted by Gasteiger charge is -2.09. The first-order valence-corrected chi connectivity index (χ1v) is 8.19. The first kappa shape index (κ1) is 19.6. The Morgan fingerprint density at radius 1 is 1.43 bits per heavy atom. The number of aromatic nitrogens is 2. The Hall–Kier alpha value is -1.44. The van der Waals surface area contributed by atoms with Gasteiger partial charge in [0.1, 0.15) is 10.7 Å². The summed E-state index contributed by atoms with van der Waals surface area (Å²) < 4.78 is 0. The average molecular weight is 359 g/mol. The largest absolute Gasteiger partial charge is 0.356 e. The van der Waals surface area contributed by atoms with Gasteiger partial charge in [-0.2, -0.15) is 0 Å². The lowest BCUT2D eigenvalue weighted by atomic mass is 10.2. The fraction of sp³-hybridized carbons (Fsp3) is 0.533. The van der Waals surface area contributed by atoms with Gasteiger partial charge in [-0.15, -0.1) is 23.7 Å². The van der Waals surface area contributed by atoms with Crippen LogP contribution in [0.2, 0.25) is 0 Å². The van der Waals surface area contributed by atoms with Crippen LogP contribution in [0.1, 0.15) is 29.6 Å². The maximum absolute atomic E-state index is 12.1. The summed E-state index contributed by atoms with van der Waals surface area (Å²) in [7, 11) is 0. The Balaban J connectivity index is 0.00000264. The molecule has 23 heavy (non-hydrogen) atoms. The number of nitrogens with two attached hydrogens (primary N) is 1. The molecule has 0 aliphatic heterocycles. The molecule has 0 saturated carbocycles. The molecule has 2 heterocycles. The molecule has 4 N–H and O–H groups in total. The van der Waals surface area contributed by atoms with E-state index in [4.69, 9.17) is 5.73 Å². The van der Waals surface area contributed by atoms with Crippen molar-refractivity contribution >= 4 is 39.9 Å². The van der Waals surface area contributed by atoms with Crippen molar-refractivity contribution in [1.82, 2.24) is 15.3 Å². The normalized spacial score (nSPS) is 12.0. The second-order valence-corrected chi connectivity index (χ2v) is 6.82. The van der Waals surface area contributed by atoms with Crippen molar-refractivity contribution in [3.8, 4) is 0 Å². The number of halogens is 1. The molecule has 2 aromatic heterocycles. The number of fused-ring (bicyclic) bond motifs is 1. The highest BCUT2D eigenvalue weighted by atomic mass is 35.5. The van der Waals surface area contributed by atoms with Crippen LogP contribution in [-0.2, 0) is 11.2 Å². The molecule has 1 unspecified atom stereocenters. The molecule has 0 spiro atoms. The van der Waals surface area contributed by atoms with Crippen LogP contribution in [0.25, 0.3) is 10.2 Å². The summed E-state index contributed by atoms with van der Waals surface area (Å²) in [5.41, 5.74) is 6.36. The first-order valence-electron chi connectivity index (χ1n) is 7.38. The first-order chi connectivity index (χ1) is 10.4. The van der Waals surface area contributed by atoms with E-state index in [1.165, 1.54) is 11.3 Å². The molecule has 128 valence electrons. The third kappa shape index (κ3) is 4.76. The summed E-state index contributed by atoms with van der Waals surface area (Å²) in [4.78, 5) is 33.0. The number of carbonyl (C=O) groups is 1. The van der Waals surface area contributed by atoms with Crippen LogP contribution in [0.5, 0.6) is 0 Å². The molecule has 0 radical (unpaired) electrons. The topological polar surface area (TPSA) is 101 Å². The van der Waals surface area contributed by atoms with Crippen LogP contribution >= 0.6 is 23.7 Å². The molecule has 0 fully saturated rings. The molecule has 2 rings (SSSR count). The summed E-state index contributed by atoms with van der Waals surface area (Å²) in [6.45, 7) is 7.00. The van der Waals surface area contributed by atoms with E-state index in [2.05, 4.69) is 15.3 Å². The van der Waals surface area contributed by atoms with Crippen molar-refractivity contribution in [1.29, 1.82) is 0 Å². The molecule has 2 aromatic rings. The highest BCUT2D eigenvalue weighted by Gasteiger charge is 2.12. The number of aryl methyl sites for hydroxylation is 3. The molecule has 0 aliphatic rings. The Morgan fingerprint density at radius 3 is 2.78 bits per heavy atom. The van der Waals surface area contributed by atoms with Gasteiger partial charge in [0.2, 0.25) is 5.91 Å². The van der Waals surface area contributed by atoms with Crippen molar-refractivity contribution in [2.24, 2.45) is 11.7 Å². The number of thiophene rings is 1.